The molecule has 50 valence electrons. The Morgan fingerprint density at radius 1 is 1.67 bits per heavy atom. The van der Waals surface area contributed by atoms with Crippen LogP contribution in [0.3, 0.4) is 0 Å². The molecule has 0 bridgehead atoms. The van der Waals surface area contributed by atoms with Crippen molar-refractivity contribution in [1.29, 1.82) is 0 Å². The van der Waals surface area contributed by atoms with Crippen LogP contribution in [0.1, 0.15) is 0 Å². The maximum absolute atomic E-state index is 10.4. The van der Waals surface area contributed by atoms with Crippen LogP contribution in [0, 0.1) is 0 Å². The fraction of sp³-hybridized carbons (Fsp3) is 0. The van der Waals surface area contributed by atoms with Gasteiger partial charge in [-0.3, -0.25) is 9.89 Å². The van der Waals surface area contributed by atoms with Crippen LogP contribution in [0.2, 0.25) is 0 Å². The van der Waals surface area contributed by atoms with Crippen molar-refractivity contribution >= 4 is 32.9 Å². The van der Waals surface area contributed by atoms with Gasteiger partial charge in [-0.2, -0.15) is 5.10 Å². The second kappa shape index (κ2) is 3.79. The Balaban J connectivity index is 0.000000640. The van der Waals surface area contributed by atoms with E-state index in [4.69, 9.17) is 0 Å². The molecule has 0 radical (unpaired) electrons. The highest BCUT2D eigenvalue weighted by Crippen LogP contribution is 1.95. The van der Waals surface area contributed by atoms with Crippen molar-refractivity contribution < 1.29 is 0 Å². The number of rotatable bonds is 0. The molecule has 0 unspecified atom stereocenters. The van der Waals surface area contributed by atoms with Gasteiger partial charge in [0.15, 0.2) is 0 Å². The van der Waals surface area contributed by atoms with E-state index in [-0.39, 0.29) is 22.4 Å². The highest BCUT2D eigenvalue weighted by Gasteiger charge is 1.83. The summed E-state index contributed by atoms with van der Waals surface area (Å²) < 4.78 is 0.602. The lowest BCUT2D eigenvalue weighted by molar-refractivity contribution is 0.992. The summed E-state index contributed by atoms with van der Waals surface area (Å²) in [5.74, 6) is 0. The topological polar surface area (TPSA) is 45.8 Å². The lowest BCUT2D eigenvalue weighted by Gasteiger charge is -1.82. The molecule has 1 N–H and O–H groups in total. The molecule has 0 aliphatic heterocycles. The largest absolute Gasteiger partial charge is 0.288 e. The molecule has 0 atom stereocenters. The Kier molecular flexibility index (Phi) is 3.72. The number of aromatic amines is 1. The van der Waals surface area contributed by atoms with E-state index in [1.54, 1.807) is 0 Å². The van der Waals surface area contributed by atoms with Gasteiger partial charge in [-0.05, 0) is 15.9 Å². The van der Waals surface area contributed by atoms with E-state index in [1.807, 2.05) is 0 Å². The number of hydrogen-bond donors (Lipinski definition) is 1. The fourth-order valence-electron chi connectivity index (χ4n) is 0.352. The van der Waals surface area contributed by atoms with E-state index in [2.05, 4.69) is 26.1 Å². The molecule has 3 nitrogen and oxygen atoms in total. The molecule has 1 rings (SSSR count). The van der Waals surface area contributed by atoms with Gasteiger partial charge in [-0.25, -0.2) is 0 Å². The molecule has 0 saturated carbocycles. The molecule has 0 aliphatic rings. The Bertz CT molecular complexity index is 234. The number of halogens is 2. The molecule has 1 aromatic rings. The first-order chi connectivity index (χ1) is 3.79. The lowest BCUT2D eigenvalue weighted by Crippen LogP contribution is -1.98. The van der Waals surface area contributed by atoms with Crippen molar-refractivity contribution in [3.05, 3.63) is 27.1 Å². The van der Waals surface area contributed by atoms with Gasteiger partial charge < -0.3 is 0 Å². The molecule has 0 aromatic carbocycles. The molecule has 0 spiro atoms. The van der Waals surface area contributed by atoms with Crippen molar-refractivity contribution in [1.82, 2.24) is 10.2 Å². The molecular formula is C4H4Br2N2O. The van der Waals surface area contributed by atoms with E-state index in [0.717, 1.165) is 0 Å². The van der Waals surface area contributed by atoms with E-state index in [9.17, 15) is 4.79 Å². The van der Waals surface area contributed by atoms with Gasteiger partial charge in [0.05, 0.1) is 6.20 Å². The zero-order valence-electron chi connectivity index (χ0n) is 4.30. The van der Waals surface area contributed by atoms with Crippen LogP contribution in [0.4, 0.5) is 0 Å². The van der Waals surface area contributed by atoms with Crippen molar-refractivity contribution in [2.75, 3.05) is 0 Å². The van der Waals surface area contributed by atoms with Crippen molar-refractivity contribution in [2.45, 2.75) is 0 Å². The summed E-state index contributed by atoms with van der Waals surface area (Å²) in [7, 11) is 0. The van der Waals surface area contributed by atoms with Gasteiger partial charge in [0.1, 0.15) is 4.60 Å². The van der Waals surface area contributed by atoms with Gasteiger partial charge >= 0.3 is 0 Å². The van der Waals surface area contributed by atoms with Gasteiger partial charge in [0.25, 0.3) is 0 Å². The minimum atomic E-state index is -0.101. The molecule has 0 saturated heterocycles. The maximum atomic E-state index is 10.4. The quantitative estimate of drug-likeness (QED) is 0.755. The zero-order valence-corrected chi connectivity index (χ0v) is 7.60. The summed E-state index contributed by atoms with van der Waals surface area (Å²) in [5.41, 5.74) is -0.101. The van der Waals surface area contributed by atoms with Crippen LogP contribution in [0.25, 0.3) is 0 Å². The van der Waals surface area contributed by atoms with Crippen LogP contribution in [0.15, 0.2) is 21.7 Å². The summed E-state index contributed by atoms with van der Waals surface area (Å²) in [6, 6.07) is 1.41. The third kappa shape index (κ3) is 2.76. The summed E-state index contributed by atoms with van der Waals surface area (Å²) in [5, 5.41) is 6.04. The van der Waals surface area contributed by atoms with Crippen molar-refractivity contribution in [3.8, 4) is 0 Å². The SMILES string of the molecule is Br.O=c1cn[nH]c(Br)c1. The Labute approximate surface area is 70.4 Å². The van der Waals surface area contributed by atoms with Crippen molar-refractivity contribution in [3.63, 3.8) is 0 Å². The summed E-state index contributed by atoms with van der Waals surface area (Å²) in [6.07, 6.45) is 1.21. The predicted octanol–water partition coefficient (Wildman–Crippen LogP) is 1.11. The molecule has 1 heterocycles. The number of H-pyrrole nitrogens is 1. The molecule has 0 fully saturated rings. The van der Waals surface area contributed by atoms with E-state index in [0.29, 0.717) is 4.60 Å². The van der Waals surface area contributed by atoms with Crippen LogP contribution in [-0.2, 0) is 0 Å². The van der Waals surface area contributed by atoms with Gasteiger partial charge in [-0.15, -0.1) is 17.0 Å². The number of nitrogens with one attached hydrogen (secondary N) is 1. The standard InChI is InChI=1S/C4H3BrN2O.BrH/c5-4-1-3(8)2-6-7-4;/h1-2H,(H,7,8);1H. The Morgan fingerprint density at radius 2 is 2.33 bits per heavy atom. The second-order valence-electron chi connectivity index (χ2n) is 1.26. The minimum absolute atomic E-state index is 0. The normalized spacial score (nSPS) is 8.11. The predicted molar refractivity (Wildman–Crippen MR) is 42.9 cm³/mol. The molecule has 0 amide bonds. The first-order valence-electron chi connectivity index (χ1n) is 1.99. The zero-order chi connectivity index (χ0) is 5.98. The molecule has 1 aromatic heterocycles. The van der Waals surface area contributed by atoms with Crippen LogP contribution >= 0.6 is 32.9 Å². The van der Waals surface area contributed by atoms with E-state index in [1.165, 1.54) is 12.3 Å². The Hall–Kier alpha value is -0.160. The van der Waals surface area contributed by atoms with Gasteiger partial charge in [0.2, 0.25) is 5.43 Å². The number of hydrogen-bond acceptors (Lipinski definition) is 2. The first-order valence-corrected chi connectivity index (χ1v) is 2.78. The summed E-state index contributed by atoms with van der Waals surface area (Å²) in [6.45, 7) is 0. The highest BCUT2D eigenvalue weighted by atomic mass is 79.9. The van der Waals surface area contributed by atoms with E-state index < -0.39 is 0 Å². The monoisotopic (exact) mass is 254 g/mol. The van der Waals surface area contributed by atoms with E-state index >= 15 is 0 Å². The molecule has 5 heteroatoms. The minimum Gasteiger partial charge on any atom is -0.288 e. The number of aromatic nitrogens is 2. The fourth-order valence-corrected chi connectivity index (χ4v) is 0.680. The molecular weight excluding hydrogens is 252 g/mol. The molecule has 9 heavy (non-hydrogen) atoms. The van der Waals surface area contributed by atoms with Crippen LogP contribution in [-0.4, -0.2) is 10.2 Å². The average molecular weight is 256 g/mol. The van der Waals surface area contributed by atoms with Gasteiger partial charge in [0, 0.05) is 6.07 Å². The average Bonchev–Trinajstić information content (AvgIpc) is 1.64. The Morgan fingerprint density at radius 3 is 2.67 bits per heavy atom. The highest BCUT2D eigenvalue weighted by molar-refractivity contribution is 9.10. The third-order valence-corrected chi connectivity index (χ3v) is 1.04. The third-order valence-electron chi connectivity index (χ3n) is 0.632. The maximum Gasteiger partial charge on any atom is 0.201 e. The van der Waals surface area contributed by atoms with Gasteiger partial charge in [-0.1, -0.05) is 0 Å². The van der Waals surface area contributed by atoms with Crippen LogP contribution in [0.5, 0.6) is 0 Å². The summed E-state index contributed by atoms with van der Waals surface area (Å²) in [4.78, 5) is 10.4. The first kappa shape index (κ1) is 8.84. The number of nitrogens with zero attached hydrogens (tertiary/aromatic N) is 1. The van der Waals surface area contributed by atoms with Crippen LogP contribution < -0.4 is 5.43 Å². The lowest BCUT2D eigenvalue weighted by atomic mass is 10.6. The molecule has 0 aliphatic carbocycles. The second-order valence-corrected chi connectivity index (χ2v) is 2.12. The smallest absolute Gasteiger partial charge is 0.201 e. The summed E-state index contributed by atoms with van der Waals surface area (Å²) >= 11 is 3.04. The van der Waals surface area contributed by atoms with Crippen molar-refractivity contribution in [2.24, 2.45) is 0 Å².